The third-order valence-corrected chi connectivity index (χ3v) is 5.34. The fourth-order valence-electron chi connectivity index (χ4n) is 2.34. The maximum atomic E-state index is 12.0. The second-order valence-electron chi connectivity index (χ2n) is 7.01. The molecule has 1 fully saturated rings. The van der Waals surface area contributed by atoms with Gasteiger partial charge in [0.05, 0.1) is 11.0 Å². The highest BCUT2D eigenvalue weighted by atomic mass is 32.1. The molecule has 21 heavy (non-hydrogen) atoms. The molecule has 1 saturated carbocycles. The molecule has 1 amide bonds. The Kier molecular flexibility index (Phi) is 3.19. The molecule has 4 nitrogen and oxygen atoms in total. The Hall–Kier alpha value is -1.01. The Morgan fingerprint density at radius 2 is 2.05 bits per heavy atom. The van der Waals surface area contributed by atoms with Crippen LogP contribution in [0.15, 0.2) is 12.3 Å². The zero-order valence-electron chi connectivity index (χ0n) is 12.9. The van der Waals surface area contributed by atoms with Crippen LogP contribution in [0.2, 0.25) is 0 Å². The van der Waals surface area contributed by atoms with E-state index in [-0.39, 0.29) is 16.1 Å². The first-order chi connectivity index (χ1) is 9.66. The molecule has 0 bridgehead atoms. The summed E-state index contributed by atoms with van der Waals surface area (Å²) < 4.78 is 5.63. The van der Waals surface area contributed by atoms with Gasteiger partial charge in [-0.15, -0.1) is 0 Å². The van der Waals surface area contributed by atoms with Gasteiger partial charge in [0.25, 0.3) is 0 Å². The number of nitrogens with zero attached hydrogens (tertiary/aromatic N) is 1. The normalized spacial score (nSPS) is 19.4. The standard InChI is InChI=1S/C15H20BN2O2S/c1-13(2,14(3,4)21)20-16-9-7-10-11(17-8-9)18-12(19)15(10)5-6-15/h7-8,21H,5-6H2,1-4H3,(H,17,18,19). The van der Waals surface area contributed by atoms with Crippen molar-refractivity contribution in [1.29, 1.82) is 0 Å². The predicted octanol–water partition coefficient (Wildman–Crippen LogP) is 1.81. The predicted molar refractivity (Wildman–Crippen MR) is 87.4 cm³/mol. The molecule has 1 aromatic rings. The molecule has 2 heterocycles. The van der Waals surface area contributed by atoms with E-state index in [0.29, 0.717) is 5.82 Å². The molecular weight excluding hydrogens is 283 g/mol. The second-order valence-corrected chi connectivity index (χ2v) is 8.12. The van der Waals surface area contributed by atoms with Crippen molar-refractivity contribution in [2.75, 3.05) is 5.32 Å². The van der Waals surface area contributed by atoms with Gasteiger partial charge in [-0.05, 0) is 46.0 Å². The molecule has 1 spiro atoms. The van der Waals surface area contributed by atoms with E-state index in [2.05, 4.69) is 22.9 Å². The number of aromatic nitrogens is 1. The number of hydrogen-bond acceptors (Lipinski definition) is 4. The van der Waals surface area contributed by atoms with E-state index >= 15 is 0 Å². The number of rotatable bonds is 4. The van der Waals surface area contributed by atoms with Crippen LogP contribution in [0.1, 0.15) is 46.1 Å². The maximum Gasteiger partial charge on any atom is 0.332 e. The molecule has 0 saturated heterocycles. The Balaban J connectivity index is 1.78. The quantitative estimate of drug-likeness (QED) is 0.659. The van der Waals surface area contributed by atoms with Gasteiger partial charge in [-0.25, -0.2) is 4.98 Å². The third-order valence-electron chi connectivity index (χ3n) is 4.80. The molecule has 1 aliphatic heterocycles. The highest BCUT2D eigenvalue weighted by molar-refractivity contribution is 7.81. The Morgan fingerprint density at radius 3 is 2.62 bits per heavy atom. The lowest BCUT2D eigenvalue weighted by Crippen LogP contribution is -2.45. The monoisotopic (exact) mass is 303 g/mol. The third kappa shape index (κ3) is 2.38. The van der Waals surface area contributed by atoms with Crippen molar-refractivity contribution in [1.82, 2.24) is 4.98 Å². The van der Waals surface area contributed by atoms with Crippen molar-refractivity contribution in [2.24, 2.45) is 0 Å². The molecule has 1 aliphatic carbocycles. The van der Waals surface area contributed by atoms with Crippen LogP contribution in [0.5, 0.6) is 0 Å². The van der Waals surface area contributed by atoms with Gasteiger partial charge in [-0.3, -0.25) is 4.79 Å². The van der Waals surface area contributed by atoms with Crippen molar-refractivity contribution in [3.05, 3.63) is 17.8 Å². The maximum absolute atomic E-state index is 12.0. The number of anilines is 1. The lowest BCUT2D eigenvalue weighted by Gasteiger charge is -2.38. The first kappa shape index (κ1) is 14.9. The van der Waals surface area contributed by atoms with E-state index in [0.717, 1.165) is 23.9 Å². The van der Waals surface area contributed by atoms with Crippen LogP contribution in [-0.2, 0) is 14.9 Å². The number of hydrogen-bond donors (Lipinski definition) is 2. The molecule has 1 radical (unpaired) electrons. The fraction of sp³-hybridized carbons (Fsp3) is 0.600. The minimum absolute atomic E-state index is 0.0832. The summed E-state index contributed by atoms with van der Waals surface area (Å²) in [7, 11) is 1.71. The minimum Gasteiger partial charge on any atom is -0.428 e. The van der Waals surface area contributed by atoms with Gasteiger partial charge in [0, 0.05) is 16.5 Å². The van der Waals surface area contributed by atoms with Gasteiger partial charge < -0.3 is 9.97 Å². The van der Waals surface area contributed by atoms with Crippen LogP contribution < -0.4 is 10.8 Å². The summed E-state index contributed by atoms with van der Waals surface area (Å²) >= 11 is 4.58. The summed E-state index contributed by atoms with van der Waals surface area (Å²) in [5.74, 6) is 0.781. The van der Waals surface area contributed by atoms with Gasteiger partial charge in [0.15, 0.2) is 0 Å². The number of carbonyl (C=O) groups excluding carboxylic acids is 1. The van der Waals surface area contributed by atoms with E-state index in [4.69, 9.17) is 4.65 Å². The molecule has 1 aromatic heterocycles. The van der Waals surface area contributed by atoms with Crippen LogP contribution in [0.3, 0.4) is 0 Å². The van der Waals surface area contributed by atoms with E-state index in [1.165, 1.54) is 0 Å². The van der Waals surface area contributed by atoms with Gasteiger partial charge in [0.1, 0.15) is 5.82 Å². The van der Waals surface area contributed by atoms with Crippen LogP contribution >= 0.6 is 12.6 Å². The number of fused-ring (bicyclic) bond motifs is 2. The fourth-order valence-corrected chi connectivity index (χ4v) is 2.39. The largest absolute Gasteiger partial charge is 0.428 e. The second kappa shape index (κ2) is 4.49. The van der Waals surface area contributed by atoms with Crippen molar-refractivity contribution in [2.45, 2.75) is 56.3 Å². The molecule has 6 heteroatoms. The van der Waals surface area contributed by atoms with Crippen LogP contribution in [0.25, 0.3) is 0 Å². The number of pyridine rings is 1. The number of nitrogens with one attached hydrogen (secondary N) is 1. The molecule has 2 aliphatic rings. The first-order valence-electron chi connectivity index (χ1n) is 7.21. The number of thiol groups is 1. The SMILES string of the molecule is CC(C)(S)C(C)(C)O[B]c1cnc2c(c1)C1(CC1)C(=O)N2. The van der Waals surface area contributed by atoms with E-state index in [1.54, 1.807) is 13.7 Å². The summed E-state index contributed by atoms with van der Waals surface area (Å²) in [5.41, 5.74) is 1.15. The van der Waals surface area contributed by atoms with Crippen molar-refractivity contribution in [3.63, 3.8) is 0 Å². The summed E-state index contributed by atoms with van der Waals surface area (Å²) in [4.78, 5) is 16.3. The molecule has 111 valence electrons. The molecule has 0 unspecified atom stereocenters. The van der Waals surface area contributed by atoms with Crippen LogP contribution in [0.4, 0.5) is 5.82 Å². The number of amides is 1. The van der Waals surface area contributed by atoms with Gasteiger partial charge in [-0.1, -0.05) is 6.07 Å². The summed E-state index contributed by atoms with van der Waals surface area (Å²) in [6.45, 7) is 8.05. The Labute approximate surface area is 131 Å². The Morgan fingerprint density at radius 1 is 1.38 bits per heavy atom. The van der Waals surface area contributed by atoms with E-state index in [9.17, 15) is 4.79 Å². The molecule has 1 N–H and O–H groups in total. The van der Waals surface area contributed by atoms with Crippen LogP contribution in [-0.4, -0.2) is 28.7 Å². The van der Waals surface area contributed by atoms with Gasteiger partial charge in [-0.2, -0.15) is 12.6 Å². The lowest BCUT2D eigenvalue weighted by molar-refractivity contribution is -0.117. The molecule has 0 aromatic carbocycles. The first-order valence-corrected chi connectivity index (χ1v) is 7.66. The molecular formula is C15H20BN2O2S. The van der Waals surface area contributed by atoms with E-state index < -0.39 is 5.60 Å². The Bertz CT molecular complexity index is 606. The molecule has 0 atom stereocenters. The summed E-state index contributed by atoms with van der Waals surface area (Å²) in [6.07, 6.45) is 3.54. The highest BCUT2D eigenvalue weighted by Gasteiger charge is 2.56. The van der Waals surface area contributed by atoms with Gasteiger partial charge in [0.2, 0.25) is 5.91 Å². The number of carbonyl (C=O) groups is 1. The minimum atomic E-state index is -0.416. The van der Waals surface area contributed by atoms with Crippen molar-refractivity contribution in [3.8, 4) is 0 Å². The average molecular weight is 303 g/mol. The van der Waals surface area contributed by atoms with Crippen LogP contribution in [0, 0.1) is 0 Å². The lowest BCUT2D eigenvalue weighted by atomic mass is 9.83. The van der Waals surface area contributed by atoms with Crippen molar-refractivity contribution >= 4 is 37.3 Å². The smallest absolute Gasteiger partial charge is 0.332 e. The summed E-state index contributed by atoms with van der Waals surface area (Å²) in [5, 5.41) is 2.86. The zero-order chi connectivity index (χ0) is 15.5. The van der Waals surface area contributed by atoms with E-state index in [1.807, 2.05) is 33.8 Å². The summed E-state index contributed by atoms with van der Waals surface area (Å²) in [6, 6.07) is 2.01. The average Bonchev–Trinajstić information content (AvgIpc) is 3.12. The van der Waals surface area contributed by atoms with Gasteiger partial charge >= 0.3 is 7.48 Å². The molecule has 3 rings (SSSR count). The zero-order valence-corrected chi connectivity index (χ0v) is 13.8. The van der Waals surface area contributed by atoms with Crippen molar-refractivity contribution < 1.29 is 9.45 Å². The highest BCUT2D eigenvalue weighted by Crippen LogP contribution is 2.54. The topological polar surface area (TPSA) is 51.2 Å².